The Kier molecular flexibility index (Phi) is 4.16. The first-order valence-corrected chi connectivity index (χ1v) is 7.10. The second-order valence-electron chi connectivity index (χ2n) is 7.76. The molecule has 3 nitrogen and oxygen atoms in total. The van der Waals surface area contributed by atoms with Crippen LogP contribution in [0.15, 0.2) is 0 Å². The molecule has 0 saturated heterocycles. The van der Waals surface area contributed by atoms with Crippen molar-refractivity contribution in [2.45, 2.75) is 78.8 Å². The Morgan fingerprint density at radius 2 is 1.61 bits per heavy atom. The first-order chi connectivity index (χ1) is 8.02. The minimum absolute atomic E-state index is 0.150. The number of hydrogen-bond acceptors (Lipinski definition) is 2. The van der Waals surface area contributed by atoms with Crippen molar-refractivity contribution < 1.29 is 4.79 Å². The van der Waals surface area contributed by atoms with Crippen molar-refractivity contribution in [1.82, 2.24) is 5.32 Å². The van der Waals surface area contributed by atoms with E-state index in [1.165, 1.54) is 0 Å². The average molecular weight is 254 g/mol. The van der Waals surface area contributed by atoms with Crippen molar-refractivity contribution in [1.29, 1.82) is 0 Å². The zero-order valence-corrected chi connectivity index (χ0v) is 12.9. The minimum atomic E-state index is -0.541. The molecule has 3 N–H and O–H groups in total. The second-order valence-corrected chi connectivity index (χ2v) is 7.76. The predicted octanol–water partition coefficient (Wildman–Crippen LogP) is 2.83. The molecule has 1 atom stereocenters. The average Bonchev–Trinajstić information content (AvgIpc) is 2.11. The van der Waals surface area contributed by atoms with E-state index in [4.69, 9.17) is 5.73 Å². The Hall–Kier alpha value is -0.570. The van der Waals surface area contributed by atoms with Crippen molar-refractivity contribution in [3.05, 3.63) is 0 Å². The first-order valence-electron chi connectivity index (χ1n) is 7.10. The largest absolute Gasteiger partial charge is 0.368 e. The Morgan fingerprint density at radius 1 is 1.17 bits per heavy atom. The van der Waals surface area contributed by atoms with Crippen LogP contribution in [0.5, 0.6) is 0 Å². The van der Waals surface area contributed by atoms with Gasteiger partial charge in [0.15, 0.2) is 0 Å². The van der Waals surface area contributed by atoms with Gasteiger partial charge in [0, 0.05) is 6.04 Å². The molecule has 1 amide bonds. The lowest BCUT2D eigenvalue weighted by molar-refractivity contribution is -0.131. The highest BCUT2D eigenvalue weighted by Gasteiger charge is 2.50. The maximum atomic E-state index is 12.1. The van der Waals surface area contributed by atoms with Gasteiger partial charge in [-0.3, -0.25) is 4.79 Å². The zero-order chi connectivity index (χ0) is 14.2. The van der Waals surface area contributed by atoms with Gasteiger partial charge in [-0.2, -0.15) is 0 Å². The molecule has 0 aliphatic heterocycles. The van der Waals surface area contributed by atoms with E-state index in [1.807, 2.05) is 0 Å². The first kappa shape index (κ1) is 15.5. The van der Waals surface area contributed by atoms with Crippen LogP contribution >= 0.6 is 0 Å². The smallest absolute Gasteiger partial charge is 0.237 e. The Morgan fingerprint density at radius 3 is 1.94 bits per heavy atom. The van der Waals surface area contributed by atoms with Crippen LogP contribution in [0.2, 0.25) is 0 Å². The molecule has 3 heteroatoms. The van der Waals surface area contributed by atoms with E-state index in [0.717, 1.165) is 25.7 Å². The summed E-state index contributed by atoms with van der Waals surface area (Å²) in [6, 6.07) is 0.321. The summed E-state index contributed by atoms with van der Waals surface area (Å²) in [4.78, 5) is 12.1. The van der Waals surface area contributed by atoms with Crippen LogP contribution in [0, 0.1) is 10.8 Å². The van der Waals surface area contributed by atoms with Gasteiger partial charge in [-0.1, -0.05) is 34.6 Å². The molecule has 0 bridgehead atoms. The van der Waals surface area contributed by atoms with Gasteiger partial charge in [0.05, 0.1) is 5.54 Å². The molecule has 106 valence electrons. The lowest BCUT2D eigenvalue weighted by Gasteiger charge is -2.51. The van der Waals surface area contributed by atoms with Gasteiger partial charge >= 0.3 is 0 Å². The van der Waals surface area contributed by atoms with Crippen molar-refractivity contribution >= 4 is 5.91 Å². The summed E-state index contributed by atoms with van der Waals surface area (Å²) >= 11 is 0. The summed E-state index contributed by atoms with van der Waals surface area (Å²) in [7, 11) is 0. The molecule has 0 aromatic carbocycles. The third-order valence-corrected chi connectivity index (χ3v) is 4.12. The van der Waals surface area contributed by atoms with E-state index in [1.54, 1.807) is 0 Å². The SMILES string of the molecule is CCC(C)NC1(C(N)=O)CC(C)(C)CC(C)(C)C1. The number of carbonyl (C=O) groups excluding carboxylic acids is 1. The van der Waals surface area contributed by atoms with Crippen LogP contribution in [0.1, 0.15) is 67.2 Å². The van der Waals surface area contributed by atoms with Crippen molar-refractivity contribution in [2.75, 3.05) is 0 Å². The van der Waals surface area contributed by atoms with Crippen molar-refractivity contribution in [3.8, 4) is 0 Å². The summed E-state index contributed by atoms with van der Waals surface area (Å²) in [5.74, 6) is -0.191. The number of nitrogens with two attached hydrogens (primary N) is 1. The van der Waals surface area contributed by atoms with E-state index < -0.39 is 5.54 Å². The fourth-order valence-corrected chi connectivity index (χ4v) is 4.04. The molecule has 0 aromatic heterocycles. The fraction of sp³-hybridized carbons (Fsp3) is 0.933. The lowest BCUT2D eigenvalue weighted by atomic mass is 9.58. The normalized spacial score (nSPS) is 26.6. The van der Waals surface area contributed by atoms with Crippen molar-refractivity contribution in [2.24, 2.45) is 16.6 Å². The third-order valence-electron chi connectivity index (χ3n) is 4.12. The maximum absolute atomic E-state index is 12.1. The quantitative estimate of drug-likeness (QED) is 0.810. The molecule has 1 rings (SSSR count). The standard InChI is InChI=1S/C15H30N2O/c1-7-11(2)17-15(12(16)18)9-13(3,4)8-14(5,6)10-15/h11,17H,7-10H2,1-6H3,(H2,16,18). The summed E-state index contributed by atoms with van der Waals surface area (Å²) in [5.41, 5.74) is 5.51. The number of carbonyl (C=O) groups is 1. The molecule has 1 fully saturated rings. The summed E-state index contributed by atoms with van der Waals surface area (Å²) in [6.07, 6.45) is 3.82. The maximum Gasteiger partial charge on any atom is 0.237 e. The van der Waals surface area contributed by atoms with E-state index in [-0.39, 0.29) is 16.7 Å². The highest BCUT2D eigenvalue weighted by molar-refractivity contribution is 5.85. The molecular formula is C15H30N2O. The highest BCUT2D eigenvalue weighted by Crippen LogP contribution is 2.50. The molecule has 0 radical (unpaired) electrons. The van der Waals surface area contributed by atoms with Gasteiger partial charge in [-0.15, -0.1) is 0 Å². The number of amides is 1. The highest BCUT2D eigenvalue weighted by atomic mass is 16.1. The monoisotopic (exact) mass is 254 g/mol. The van der Waals surface area contributed by atoms with Gasteiger partial charge in [-0.25, -0.2) is 0 Å². The zero-order valence-electron chi connectivity index (χ0n) is 12.9. The van der Waals surface area contributed by atoms with Gasteiger partial charge in [0.2, 0.25) is 5.91 Å². The predicted molar refractivity (Wildman–Crippen MR) is 76.2 cm³/mol. The molecule has 0 aromatic rings. The molecule has 1 aliphatic carbocycles. The van der Waals surface area contributed by atoms with Crippen LogP contribution in [-0.2, 0) is 4.79 Å². The molecule has 0 spiro atoms. The summed E-state index contributed by atoms with van der Waals surface area (Å²) in [5, 5.41) is 3.52. The Labute approximate surface area is 112 Å². The second kappa shape index (κ2) is 4.84. The van der Waals surface area contributed by atoms with Crippen LogP contribution in [0.4, 0.5) is 0 Å². The molecule has 18 heavy (non-hydrogen) atoms. The summed E-state index contributed by atoms with van der Waals surface area (Å²) < 4.78 is 0. The van der Waals surface area contributed by atoms with E-state index >= 15 is 0 Å². The van der Waals surface area contributed by atoms with E-state index in [9.17, 15) is 4.79 Å². The lowest BCUT2D eigenvalue weighted by Crippen LogP contribution is -2.64. The van der Waals surface area contributed by atoms with Gasteiger partial charge in [0.25, 0.3) is 0 Å². The fourth-order valence-electron chi connectivity index (χ4n) is 4.04. The summed E-state index contributed by atoms with van der Waals surface area (Å²) in [6.45, 7) is 13.2. The third kappa shape index (κ3) is 3.47. The number of rotatable bonds is 4. The van der Waals surface area contributed by atoms with Crippen LogP contribution in [-0.4, -0.2) is 17.5 Å². The molecule has 1 unspecified atom stereocenters. The van der Waals surface area contributed by atoms with Gasteiger partial charge in [-0.05, 0) is 43.4 Å². The van der Waals surface area contributed by atoms with Crippen LogP contribution in [0.25, 0.3) is 0 Å². The van der Waals surface area contributed by atoms with Crippen molar-refractivity contribution in [3.63, 3.8) is 0 Å². The number of primary amides is 1. The van der Waals surface area contributed by atoms with Gasteiger partial charge in [0.1, 0.15) is 0 Å². The van der Waals surface area contributed by atoms with E-state index in [0.29, 0.717) is 6.04 Å². The minimum Gasteiger partial charge on any atom is -0.368 e. The van der Waals surface area contributed by atoms with Crippen LogP contribution in [0.3, 0.4) is 0 Å². The molecule has 1 aliphatic rings. The molecule has 1 saturated carbocycles. The number of nitrogens with one attached hydrogen (secondary N) is 1. The molecule has 0 heterocycles. The van der Waals surface area contributed by atoms with Crippen LogP contribution < -0.4 is 11.1 Å². The topological polar surface area (TPSA) is 55.1 Å². The van der Waals surface area contributed by atoms with E-state index in [2.05, 4.69) is 46.9 Å². The Balaban J connectivity index is 3.06. The Bertz CT molecular complexity index is 304. The van der Waals surface area contributed by atoms with Gasteiger partial charge < -0.3 is 11.1 Å². The number of hydrogen-bond donors (Lipinski definition) is 2. The molecular weight excluding hydrogens is 224 g/mol.